The van der Waals surface area contributed by atoms with E-state index in [-0.39, 0.29) is 18.7 Å². The number of carboxylic acid groups (broad SMARTS) is 1. The molecular formula is C12H22N2O3. The van der Waals surface area contributed by atoms with Gasteiger partial charge < -0.3 is 15.3 Å². The summed E-state index contributed by atoms with van der Waals surface area (Å²) in [6.45, 7) is 7.13. The molecule has 0 bridgehead atoms. The van der Waals surface area contributed by atoms with Gasteiger partial charge in [-0.15, -0.1) is 0 Å². The van der Waals surface area contributed by atoms with E-state index in [1.807, 2.05) is 0 Å². The molecule has 5 nitrogen and oxygen atoms in total. The van der Waals surface area contributed by atoms with E-state index in [1.165, 1.54) is 0 Å². The third-order valence-electron chi connectivity index (χ3n) is 3.20. The quantitative estimate of drug-likeness (QED) is 0.719. The van der Waals surface area contributed by atoms with Crippen molar-refractivity contribution in [3.8, 4) is 0 Å². The van der Waals surface area contributed by atoms with Gasteiger partial charge in [0.25, 0.3) is 0 Å². The Morgan fingerprint density at radius 2 is 2.12 bits per heavy atom. The van der Waals surface area contributed by atoms with Gasteiger partial charge in [0, 0.05) is 25.6 Å². The molecule has 1 heterocycles. The van der Waals surface area contributed by atoms with E-state index in [2.05, 4.69) is 24.1 Å². The van der Waals surface area contributed by atoms with E-state index in [9.17, 15) is 9.59 Å². The van der Waals surface area contributed by atoms with E-state index >= 15 is 0 Å². The minimum Gasteiger partial charge on any atom is -0.481 e. The summed E-state index contributed by atoms with van der Waals surface area (Å²) in [6, 6.07) is 0.558. The highest BCUT2D eigenvalue weighted by molar-refractivity contribution is 5.80. The highest BCUT2D eigenvalue weighted by Crippen LogP contribution is 2.17. The molecule has 0 aliphatic carbocycles. The van der Waals surface area contributed by atoms with Crippen LogP contribution in [0.15, 0.2) is 0 Å². The molecule has 1 unspecified atom stereocenters. The normalized spacial score (nSPS) is 20.8. The largest absolute Gasteiger partial charge is 0.481 e. The van der Waals surface area contributed by atoms with Crippen molar-refractivity contribution in [3.05, 3.63) is 0 Å². The Morgan fingerprint density at radius 1 is 1.41 bits per heavy atom. The van der Waals surface area contributed by atoms with Gasteiger partial charge in [0.05, 0.1) is 6.42 Å². The van der Waals surface area contributed by atoms with Crippen LogP contribution in [0.4, 0.5) is 0 Å². The highest BCUT2D eigenvalue weighted by Gasteiger charge is 2.24. The van der Waals surface area contributed by atoms with Crippen LogP contribution in [0.1, 0.15) is 33.1 Å². The van der Waals surface area contributed by atoms with Crippen molar-refractivity contribution in [2.45, 2.75) is 39.2 Å². The first-order chi connectivity index (χ1) is 7.99. The van der Waals surface area contributed by atoms with Crippen LogP contribution in [0.5, 0.6) is 0 Å². The molecule has 1 rings (SSSR count). The van der Waals surface area contributed by atoms with Crippen LogP contribution in [0.2, 0.25) is 0 Å². The zero-order valence-electron chi connectivity index (χ0n) is 10.6. The van der Waals surface area contributed by atoms with Crippen LogP contribution < -0.4 is 5.32 Å². The molecular weight excluding hydrogens is 220 g/mol. The van der Waals surface area contributed by atoms with Gasteiger partial charge in [-0.3, -0.25) is 9.59 Å². The minimum atomic E-state index is -0.924. The van der Waals surface area contributed by atoms with Gasteiger partial charge in [-0.2, -0.15) is 0 Å². The van der Waals surface area contributed by atoms with Crippen LogP contribution in [0.3, 0.4) is 0 Å². The van der Waals surface area contributed by atoms with Crippen molar-refractivity contribution in [3.63, 3.8) is 0 Å². The predicted molar refractivity (Wildman–Crippen MR) is 64.7 cm³/mol. The van der Waals surface area contributed by atoms with Crippen LogP contribution in [0, 0.1) is 5.92 Å². The topological polar surface area (TPSA) is 69.6 Å². The number of carbonyl (C=O) groups excluding carboxylic acids is 1. The summed E-state index contributed by atoms with van der Waals surface area (Å²) in [7, 11) is 0. The Kier molecular flexibility index (Phi) is 5.41. The lowest BCUT2D eigenvalue weighted by atomic mass is 10.1. The van der Waals surface area contributed by atoms with Crippen molar-refractivity contribution in [2.75, 3.05) is 19.6 Å². The first-order valence-electron chi connectivity index (χ1n) is 6.21. The van der Waals surface area contributed by atoms with E-state index in [1.54, 1.807) is 0 Å². The molecule has 1 amide bonds. The molecule has 1 aliphatic rings. The molecule has 17 heavy (non-hydrogen) atoms. The lowest BCUT2D eigenvalue weighted by Crippen LogP contribution is -2.33. The van der Waals surface area contributed by atoms with Gasteiger partial charge in [0.2, 0.25) is 5.91 Å². The number of hydrogen-bond acceptors (Lipinski definition) is 3. The SMILES string of the molecule is CC(C)N1CCC(CNC(=O)CCC(=O)O)C1. The Hall–Kier alpha value is -1.10. The number of aliphatic carboxylic acids is 1. The van der Waals surface area contributed by atoms with Gasteiger partial charge in [-0.05, 0) is 32.7 Å². The molecule has 0 aromatic rings. The Labute approximate surface area is 102 Å². The maximum absolute atomic E-state index is 11.3. The zero-order chi connectivity index (χ0) is 12.8. The third-order valence-corrected chi connectivity index (χ3v) is 3.20. The molecule has 0 radical (unpaired) electrons. The third kappa shape index (κ3) is 5.17. The molecule has 0 aromatic carbocycles. The fourth-order valence-electron chi connectivity index (χ4n) is 2.07. The number of carboxylic acids is 1. The molecule has 5 heteroatoms. The lowest BCUT2D eigenvalue weighted by molar-refractivity contribution is -0.138. The van der Waals surface area contributed by atoms with Gasteiger partial charge in [0.1, 0.15) is 0 Å². The first kappa shape index (κ1) is 14.0. The van der Waals surface area contributed by atoms with E-state index in [4.69, 9.17) is 5.11 Å². The maximum Gasteiger partial charge on any atom is 0.303 e. The number of rotatable bonds is 6. The highest BCUT2D eigenvalue weighted by atomic mass is 16.4. The molecule has 0 spiro atoms. The molecule has 1 aliphatic heterocycles. The molecule has 98 valence electrons. The molecule has 1 fully saturated rings. The van der Waals surface area contributed by atoms with Crippen LogP contribution in [-0.4, -0.2) is 47.6 Å². The number of nitrogens with zero attached hydrogens (tertiary/aromatic N) is 1. The summed E-state index contributed by atoms with van der Waals surface area (Å²) in [5, 5.41) is 11.3. The summed E-state index contributed by atoms with van der Waals surface area (Å²) in [5.74, 6) is -0.575. The van der Waals surface area contributed by atoms with Crippen LogP contribution in [0.25, 0.3) is 0 Å². The summed E-state index contributed by atoms with van der Waals surface area (Å²) < 4.78 is 0. The van der Waals surface area contributed by atoms with Gasteiger partial charge in [-0.25, -0.2) is 0 Å². The molecule has 0 saturated carbocycles. The number of amides is 1. The Morgan fingerprint density at radius 3 is 2.65 bits per heavy atom. The monoisotopic (exact) mass is 242 g/mol. The van der Waals surface area contributed by atoms with E-state index in [0.717, 1.165) is 19.5 Å². The molecule has 0 aromatic heterocycles. The number of nitrogens with one attached hydrogen (secondary N) is 1. The Balaban J connectivity index is 2.15. The second-order valence-corrected chi connectivity index (χ2v) is 4.94. The van der Waals surface area contributed by atoms with Crippen molar-refractivity contribution in [2.24, 2.45) is 5.92 Å². The Bertz CT molecular complexity index is 279. The standard InChI is InChI=1S/C12H22N2O3/c1-9(2)14-6-5-10(8-14)7-13-11(15)3-4-12(16)17/h9-10H,3-8H2,1-2H3,(H,13,15)(H,16,17). The smallest absolute Gasteiger partial charge is 0.303 e. The average molecular weight is 242 g/mol. The lowest BCUT2D eigenvalue weighted by Gasteiger charge is -2.20. The predicted octanol–water partition coefficient (Wildman–Crippen LogP) is 0.698. The summed E-state index contributed by atoms with van der Waals surface area (Å²) >= 11 is 0. The maximum atomic E-state index is 11.3. The second kappa shape index (κ2) is 6.59. The minimum absolute atomic E-state index is 0.0793. The molecule has 2 N–H and O–H groups in total. The van der Waals surface area contributed by atoms with Gasteiger partial charge >= 0.3 is 5.97 Å². The summed E-state index contributed by atoms with van der Waals surface area (Å²) in [6.07, 6.45) is 1.10. The van der Waals surface area contributed by atoms with Crippen molar-refractivity contribution in [1.82, 2.24) is 10.2 Å². The van der Waals surface area contributed by atoms with Crippen molar-refractivity contribution in [1.29, 1.82) is 0 Å². The number of carbonyl (C=O) groups is 2. The van der Waals surface area contributed by atoms with Crippen LogP contribution in [-0.2, 0) is 9.59 Å². The van der Waals surface area contributed by atoms with E-state index in [0.29, 0.717) is 18.5 Å². The van der Waals surface area contributed by atoms with Crippen molar-refractivity contribution >= 4 is 11.9 Å². The van der Waals surface area contributed by atoms with Gasteiger partial charge in [0.15, 0.2) is 0 Å². The number of hydrogen-bond donors (Lipinski definition) is 2. The number of likely N-dealkylation sites (tertiary alicyclic amines) is 1. The fourth-order valence-corrected chi connectivity index (χ4v) is 2.07. The van der Waals surface area contributed by atoms with Gasteiger partial charge in [-0.1, -0.05) is 0 Å². The summed E-state index contributed by atoms with van der Waals surface area (Å²) in [4.78, 5) is 24.0. The first-order valence-corrected chi connectivity index (χ1v) is 6.21. The van der Waals surface area contributed by atoms with Crippen molar-refractivity contribution < 1.29 is 14.7 Å². The summed E-state index contributed by atoms with van der Waals surface area (Å²) in [5.41, 5.74) is 0. The van der Waals surface area contributed by atoms with Crippen LogP contribution >= 0.6 is 0 Å². The zero-order valence-corrected chi connectivity index (χ0v) is 10.6. The van der Waals surface area contributed by atoms with E-state index < -0.39 is 5.97 Å². The average Bonchev–Trinajstić information content (AvgIpc) is 2.72. The second-order valence-electron chi connectivity index (χ2n) is 4.94. The molecule has 1 atom stereocenters. The molecule has 1 saturated heterocycles. The fraction of sp³-hybridized carbons (Fsp3) is 0.833.